The fourth-order valence-corrected chi connectivity index (χ4v) is 1.69. The molecule has 0 bridgehead atoms. The van der Waals surface area contributed by atoms with Crippen molar-refractivity contribution in [3.05, 3.63) is 53.6 Å². The summed E-state index contributed by atoms with van der Waals surface area (Å²) in [5, 5.41) is 6.04. The number of carbonyl (C=O) groups is 1. The lowest BCUT2D eigenvalue weighted by Gasteiger charge is -2.10. The average molecular weight is 277 g/mol. The molecule has 98 valence electrons. The number of halogens is 1. The molecule has 0 radical (unpaired) electrons. The Bertz CT molecular complexity index is 570. The van der Waals surface area contributed by atoms with E-state index in [0.717, 1.165) is 0 Å². The standard InChI is InChI=1S/C14H13ClN2O2/c1-19-13-5-3-2-4-12(13)17-14(18)16-11-8-6-10(15)7-9-11/h2-9H,1H3,(H2,16,17,18). The summed E-state index contributed by atoms with van der Waals surface area (Å²) in [6.07, 6.45) is 0. The number of urea groups is 1. The van der Waals surface area contributed by atoms with Crippen molar-refractivity contribution in [3.8, 4) is 5.75 Å². The Balaban J connectivity index is 2.03. The fraction of sp³-hybridized carbons (Fsp3) is 0.0714. The highest BCUT2D eigenvalue weighted by Crippen LogP contribution is 2.23. The molecule has 19 heavy (non-hydrogen) atoms. The molecular weight excluding hydrogens is 264 g/mol. The second-order valence-corrected chi connectivity index (χ2v) is 4.22. The number of rotatable bonds is 3. The van der Waals surface area contributed by atoms with Crippen LogP contribution in [0.15, 0.2) is 48.5 Å². The van der Waals surface area contributed by atoms with E-state index in [0.29, 0.717) is 22.1 Å². The normalized spacial score (nSPS) is 9.79. The van der Waals surface area contributed by atoms with Crippen molar-refractivity contribution in [1.82, 2.24) is 0 Å². The molecule has 0 saturated carbocycles. The number of anilines is 2. The van der Waals surface area contributed by atoms with Crippen molar-refractivity contribution in [2.45, 2.75) is 0 Å². The number of carbonyl (C=O) groups excluding carboxylic acids is 1. The van der Waals surface area contributed by atoms with Crippen molar-refractivity contribution < 1.29 is 9.53 Å². The van der Waals surface area contributed by atoms with E-state index in [-0.39, 0.29) is 6.03 Å². The number of ether oxygens (including phenoxy) is 1. The van der Waals surface area contributed by atoms with Gasteiger partial charge in [-0.25, -0.2) is 4.79 Å². The van der Waals surface area contributed by atoms with Gasteiger partial charge in [-0.2, -0.15) is 0 Å². The zero-order valence-corrected chi connectivity index (χ0v) is 11.1. The van der Waals surface area contributed by atoms with Crippen LogP contribution >= 0.6 is 11.6 Å². The van der Waals surface area contributed by atoms with E-state index < -0.39 is 0 Å². The Morgan fingerprint density at radius 1 is 1.05 bits per heavy atom. The fourth-order valence-electron chi connectivity index (χ4n) is 1.57. The summed E-state index contributed by atoms with van der Waals surface area (Å²) in [6.45, 7) is 0. The monoisotopic (exact) mass is 276 g/mol. The van der Waals surface area contributed by atoms with Crippen molar-refractivity contribution >= 4 is 29.0 Å². The summed E-state index contributed by atoms with van der Waals surface area (Å²) in [4.78, 5) is 11.8. The smallest absolute Gasteiger partial charge is 0.323 e. The van der Waals surface area contributed by atoms with Crippen LogP contribution in [-0.2, 0) is 0 Å². The van der Waals surface area contributed by atoms with Gasteiger partial charge in [0.05, 0.1) is 12.8 Å². The number of hydrogen-bond acceptors (Lipinski definition) is 2. The van der Waals surface area contributed by atoms with Crippen molar-refractivity contribution in [2.24, 2.45) is 0 Å². The molecule has 0 fully saturated rings. The molecule has 0 aliphatic rings. The molecule has 0 atom stereocenters. The third kappa shape index (κ3) is 3.63. The zero-order chi connectivity index (χ0) is 13.7. The van der Waals surface area contributed by atoms with Crippen molar-refractivity contribution in [2.75, 3.05) is 17.7 Å². The van der Waals surface area contributed by atoms with Crippen LogP contribution in [0.1, 0.15) is 0 Å². The first-order valence-corrected chi connectivity index (χ1v) is 6.03. The predicted octanol–water partition coefficient (Wildman–Crippen LogP) is 3.99. The highest BCUT2D eigenvalue weighted by atomic mass is 35.5. The topological polar surface area (TPSA) is 50.4 Å². The maximum absolute atomic E-state index is 11.8. The minimum Gasteiger partial charge on any atom is -0.495 e. The van der Waals surface area contributed by atoms with Gasteiger partial charge in [-0.3, -0.25) is 0 Å². The SMILES string of the molecule is COc1ccccc1NC(=O)Nc1ccc(Cl)cc1. The Morgan fingerprint density at radius 3 is 2.42 bits per heavy atom. The first-order valence-electron chi connectivity index (χ1n) is 5.65. The first-order chi connectivity index (χ1) is 9.19. The predicted molar refractivity (Wildman–Crippen MR) is 77.1 cm³/mol. The summed E-state index contributed by atoms with van der Waals surface area (Å²) in [7, 11) is 1.55. The summed E-state index contributed by atoms with van der Waals surface area (Å²) < 4.78 is 5.15. The molecule has 0 saturated heterocycles. The van der Waals surface area contributed by atoms with Gasteiger partial charge in [0.15, 0.2) is 0 Å². The molecular formula is C14H13ClN2O2. The molecule has 2 amide bonds. The van der Waals surface area contributed by atoms with Gasteiger partial charge < -0.3 is 15.4 Å². The number of methoxy groups -OCH3 is 1. The van der Waals surface area contributed by atoms with E-state index in [1.165, 1.54) is 0 Å². The highest BCUT2D eigenvalue weighted by molar-refractivity contribution is 6.30. The van der Waals surface area contributed by atoms with Gasteiger partial charge in [0.25, 0.3) is 0 Å². The number of nitrogens with one attached hydrogen (secondary N) is 2. The van der Waals surface area contributed by atoms with Crippen LogP contribution in [0, 0.1) is 0 Å². The highest BCUT2D eigenvalue weighted by Gasteiger charge is 2.06. The van der Waals surface area contributed by atoms with Gasteiger partial charge in [-0.05, 0) is 36.4 Å². The van der Waals surface area contributed by atoms with Crippen LogP contribution in [-0.4, -0.2) is 13.1 Å². The molecule has 5 heteroatoms. The molecule has 0 aromatic heterocycles. The lowest BCUT2D eigenvalue weighted by atomic mass is 10.3. The molecule has 2 aromatic carbocycles. The zero-order valence-electron chi connectivity index (χ0n) is 10.3. The van der Waals surface area contributed by atoms with E-state index in [4.69, 9.17) is 16.3 Å². The number of benzene rings is 2. The second kappa shape index (κ2) is 6.11. The summed E-state index contributed by atoms with van der Waals surface area (Å²) >= 11 is 5.77. The van der Waals surface area contributed by atoms with Crippen LogP contribution in [0.4, 0.5) is 16.2 Å². The molecule has 0 aliphatic carbocycles. The van der Waals surface area contributed by atoms with Crippen LogP contribution < -0.4 is 15.4 Å². The van der Waals surface area contributed by atoms with Gasteiger partial charge in [0, 0.05) is 10.7 Å². The van der Waals surface area contributed by atoms with Gasteiger partial charge in [0.2, 0.25) is 0 Å². The Hall–Kier alpha value is -2.20. The largest absolute Gasteiger partial charge is 0.495 e. The molecule has 0 heterocycles. The molecule has 0 spiro atoms. The quantitative estimate of drug-likeness (QED) is 0.890. The van der Waals surface area contributed by atoms with Crippen LogP contribution in [0.3, 0.4) is 0 Å². The second-order valence-electron chi connectivity index (χ2n) is 3.79. The van der Waals surface area contributed by atoms with E-state index in [2.05, 4.69) is 10.6 Å². The maximum Gasteiger partial charge on any atom is 0.323 e. The Morgan fingerprint density at radius 2 is 1.74 bits per heavy atom. The van der Waals surface area contributed by atoms with E-state index in [1.54, 1.807) is 43.5 Å². The summed E-state index contributed by atoms with van der Waals surface area (Å²) in [5.41, 5.74) is 1.27. The Labute approximate surface area is 116 Å². The minimum absolute atomic E-state index is 0.341. The van der Waals surface area contributed by atoms with Gasteiger partial charge >= 0.3 is 6.03 Å². The van der Waals surface area contributed by atoms with Crippen molar-refractivity contribution in [3.63, 3.8) is 0 Å². The maximum atomic E-state index is 11.8. The van der Waals surface area contributed by atoms with Crippen LogP contribution in [0.2, 0.25) is 5.02 Å². The van der Waals surface area contributed by atoms with E-state index >= 15 is 0 Å². The Kier molecular flexibility index (Phi) is 4.26. The number of para-hydroxylation sites is 2. The third-order valence-electron chi connectivity index (χ3n) is 2.46. The lowest BCUT2D eigenvalue weighted by Crippen LogP contribution is -2.19. The minimum atomic E-state index is -0.341. The summed E-state index contributed by atoms with van der Waals surface area (Å²) in [6, 6.07) is 13.7. The molecule has 2 rings (SSSR count). The average Bonchev–Trinajstić information content (AvgIpc) is 2.42. The third-order valence-corrected chi connectivity index (χ3v) is 2.71. The molecule has 4 nitrogen and oxygen atoms in total. The van der Waals surface area contributed by atoms with E-state index in [1.807, 2.05) is 12.1 Å². The molecule has 2 N–H and O–H groups in total. The van der Waals surface area contributed by atoms with E-state index in [9.17, 15) is 4.79 Å². The van der Waals surface area contributed by atoms with Crippen LogP contribution in [0.5, 0.6) is 5.75 Å². The van der Waals surface area contributed by atoms with Gasteiger partial charge in [0.1, 0.15) is 5.75 Å². The van der Waals surface area contributed by atoms with Crippen molar-refractivity contribution in [1.29, 1.82) is 0 Å². The van der Waals surface area contributed by atoms with Gasteiger partial charge in [-0.1, -0.05) is 23.7 Å². The first kappa shape index (κ1) is 13.2. The molecule has 0 aliphatic heterocycles. The van der Waals surface area contributed by atoms with Crippen LogP contribution in [0.25, 0.3) is 0 Å². The number of hydrogen-bond donors (Lipinski definition) is 2. The molecule has 0 unspecified atom stereocenters. The molecule has 2 aromatic rings. The summed E-state index contributed by atoms with van der Waals surface area (Å²) in [5.74, 6) is 0.605. The lowest BCUT2D eigenvalue weighted by molar-refractivity contribution is 0.262. The van der Waals surface area contributed by atoms with Gasteiger partial charge in [-0.15, -0.1) is 0 Å². The number of amides is 2.